The third kappa shape index (κ3) is 2.63. The molecule has 0 saturated heterocycles. The second-order valence-corrected chi connectivity index (χ2v) is 5.76. The van der Waals surface area contributed by atoms with Crippen molar-refractivity contribution in [2.75, 3.05) is 7.11 Å². The molecule has 0 aliphatic heterocycles. The van der Waals surface area contributed by atoms with Gasteiger partial charge in [0.2, 0.25) is 0 Å². The van der Waals surface area contributed by atoms with E-state index in [-0.39, 0.29) is 4.90 Å². The van der Waals surface area contributed by atoms with Crippen LogP contribution >= 0.6 is 10.7 Å². The summed E-state index contributed by atoms with van der Waals surface area (Å²) in [5, 5.41) is 0. The first-order valence-corrected chi connectivity index (χ1v) is 6.83. The second kappa shape index (κ2) is 4.41. The number of methoxy groups -OCH3 is 1. The molecule has 1 rings (SSSR count). The molecule has 0 aromatic heterocycles. The first-order valence-electron chi connectivity index (χ1n) is 4.52. The van der Waals surface area contributed by atoms with E-state index in [1.54, 1.807) is 26.2 Å². The third-order valence-electron chi connectivity index (χ3n) is 2.22. The minimum absolute atomic E-state index is 0.154. The van der Waals surface area contributed by atoms with Gasteiger partial charge in [0.1, 0.15) is 5.75 Å². The summed E-state index contributed by atoms with van der Waals surface area (Å²) in [6.45, 7) is 3.62. The highest BCUT2D eigenvalue weighted by molar-refractivity contribution is 8.13. The summed E-state index contributed by atoms with van der Waals surface area (Å²) < 4.78 is 27.6. The standard InChI is InChI=1S/C10H13ClO3S/c1-4-8-6-10(15(11,12)13)7(2)5-9(8)14-3/h5-6H,4H2,1-3H3. The predicted octanol–water partition coefficient (Wildman–Crippen LogP) is 2.49. The van der Waals surface area contributed by atoms with Crippen molar-refractivity contribution in [3.63, 3.8) is 0 Å². The molecule has 0 aliphatic carbocycles. The maximum Gasteiger partial charge on any atom is 0.261 e. The van der Waals surface area contributed by atoms with Gasteiger partial charge in [0.15, 0.2) is 0 Å². The van der Waals surface area contributed by atoms with E-state index in [0.29, 0.717) is 17.7 Å². The molecule has 0 unspecified atom stereocenters. The van der Waals surface area contributed by atoms with Crippen LogP contribution in [0.25, 0.3) is 0 Å². The van der Waals surface area contributed by atoms with Crippen molar-refractivity contribution in [1.82, 2.24) is 0 Å². The van der Waals surface area contributed by atoms with Gasteiger partial charge in [0, 0.05) is 10.7 Å². The Balaban J connectivity index is 3.46. The van der Waals surface area contributed by atoms with E-state index in [1.165, 1.54) is 0 Å². The van der Waals surface area contributed by atoms with Gasteiger partial charge < -0.3 is 4.74 Å². The van der Waals surface area contributed by atoms with Crippen molar-refractivity contribution in [3.05, 3.63) is 23.3 Å². The lowest BCUT2D eigenvalue weighted by Gasteiger charge is -2.10. The topological polar surface area (TPSA) is 43.4 Å². The monoisotopic (exact) mass is 248 g/mol. The van der Waals surface area contributed by atoms with Crippen LogP contribution in [0.15, 0.2) is 17.0 Å². The van der Waals surface area contributed by atoms with Gasteiger partial charge in [-0.3, -0.25) is 0 Å². The van der Waals surface area contributed by atoms with Gasteiger partial charge in [-0.05, 0) is 36.6 Å². The molecule has 1 aromatic carbocycles. The number of benzene rings is 1. The van der Waals surface area contributed by atoms with E-state index >= 15 is 0 Å². The molecule has 3 nitrogen and oxygen atoms in total. The van der Waals surface area contributed by atoms with Crippen LogP contribution in [0.5, 0.6) is 5.75 Å². The highest BCUT2D eigenvalue weighted by Gasteiger charge is 2.16. The average Bonchev–Trinajstić information content (AvgIpc) is 2.15. The van der Waals surface area contributed by atoms with Crippen molar-refractivity contribution in [1.29, 1.82) is 0 Å². The summed E-state index contributed by atoms with van der Waals surface area (Å²) in [6, 6.07) is 3.25. The molecule has 84 valence electrons. The fraction of sp³-hybridized carbons (Fsp3) is 0.400. The molecule has 0 bridgehead atoms. The molecule has 0 fully saturated rings. The Hall–Kier alpha value is -0.740. The van der Waals surface area contributed by atoms with Gasteiger partial charge in [0.05, 0.1) is 12.0 Å². The molecule has 0 spiro atoms. The second-order valence-electron chi connectivity index (χ2n) is 3.22. The molecule has 0 heterocycles. The summed E-state index contributed by atoms with van der Waals surface area (Å²) in [4.78, 5) is 0.154. The van der Waals surface area contributed by atoms with Gasteiger partial charge in [0.25, 0.3) is 9.05 Å². The molecule has 0 atom stereocenters. The van der Waals surface area contributed by atoms with Crippen molar-refractivity contribution in [2.45, 2.75) is 25.2 Å². The van der Waals surface area contributed by atoms with E-state index in [4.69, 9.17) is 15.4 Å². The number of aryl methyl sites for hydroxylation is 2. The molecule has 0 amide bonds. The lowest BCUT2D eigenvalue weighted by atomic mass is 10.1. The zero-order valence-corrected chi connectivity index (χ0v) is 10.4. The van der Waals surface area contributed by atoms with E-state index < -0.39 is 9.05 Å². The Morgan fingerprint density at radius 3 is 2.40 bits per heavy atom. The van der Waals surface area contributed by atoms with E-state index in [1.807, 2.05) is 6.92 Å². The summed E-state index contributed by atoms with van der Waals surface area (Å²) in [7, 11) is 3.20. The minimum Gasteiger partial charge on any atom is -0.496 e. The van der Waals surface area contributed by atoms with Crippen molar-refractivity contribution in [2.24, 2.45) is 0 Å². The SMILES string of the molecule is CCc1cc(S(=O)(=O)Cl)c(C)cc1OC. The smallest absolute Gasteiger partial charge is 0.261 e. The summed E-state index contributed by atoms with van der Waals surface area (Å²) in [5.41, 5.74) is 1.43. The van der Waals surface area contributed by atoms with Crippen LogP contribution in [0.2, 0.25) is 0 Å². The number of ether oxygens (including phenoxy) is 1. The van der Waals surface area contributed by atoms with Crippen molar-refractivity contribution in [3.8, 4) is 5.75 Å². The van der Waals surface area contributed by atoms with Crippen molar-refractivity contribution >= 4 is 19.7 Å². The van der Waals surface area contributed by atoms with E-state index in [9.17, 15) is 8.42 Å². The van der Waals surface area contributed by atoms with Crippen LogP contribution in [0.3, 0.4) is 0 Å². The van der Waals surface area contributed by atoms with Gasteiger partial charge in [-0.15, -0.1) is 0 Å². The van der Waals surface area contributed by atoms with Crippen LogP contribution in [0.4, 0.5) is 0 Å². The lowest BCUT2D eigenvalue weighted by molar-refractivity contribution is 0.409. The quantitative estimate of drug-likeness (QED) is 0.772. The zero-order chi connectivity index (χ0) is 11.6. The Bertz CT molecular complexity index is 466. The lowest BCUT2D eigenvalue weighted by Crippen LogP contribution is -1.99. The zero-order valence-electron chi connectivity index (χ0n) is 8.87. The Morgan fingerprint density at radius 2 is 2.00 bits per heavy atom. The molecule has 1 aromatic rings. The normalized spacial score (nSPS) is 11.5. The Kier molecular flexibility index (Phi) is 3.62. The largest absolute Gasteiger partial charge is 0.496 e. The molecule has 0 aliphatic rings. The minimum atomic E-state index is -3.67. The van der Waals surface area contributed by atoms with Gasteiger partial charge >= 0.3 is 0 Å². The van der Waals surface area contributed by atoms with Crippen LogP contribution in [-0.4, -0.2) is 15.5 Å². The van der Waals surface area contributed by atoms with Gasteiger partial charge in [-0.1, -0.05) is 6.92 Å². The van der Waals surface area contributed by atoms with Crippen LogP contribution < -0.4 is 4.74 Å². The van der Waals surface area contributed by atoms with Gasteiger partial charge in [-0.25, -0.2) is 8.42 Å². The first kappa shape index (κ1) is 12.3. The molecule has 0 saturated carbocycles. The van der Waals surface area contributed by atoms with E-state index in [2.05, 4.69) is 0 Å². The number of rotatable bonds is 3. The maximum absolute atomic E-state index is 11.2. The van der Waals surface area contributed by atoms with Crippen molar-refractivity contribution < 1.29 is 13.2 Å². The summed E-state index contributed by atoms with van der Waals surface area (Å²) in [5.74, 6) is 0.694. The summed E-state index contributed by atoms with van der Waals surface area (Å²) >= 11 is 0. The van der Waals surface area contributed by atoms with Gasteiger partial charge in [-0.2, -0.15) is 0 Å². The third-order valence-corrected chi connectivity index (χ3v) is 3.69. The highest BCUT2D eigenvalue weighted by atomic mass is 35.7. The highest BCUT2D eigenvalue weighted by Crippen LogP contribution is 2.28. The molecular weight excluding hydrogens is 236 g/mol. The number of halogens is 1. The fourth-order valence-electron chi connectivity index (χ4n) is 1.43. The molecule has 0 radical (unpaired) electrons. The van der Waals surface area contributed by atoms with Crippen LogP contribution in [0, 0.1) is 6.92 Å². The molecule has 5 heteroatoms. The summed E-state index contributed by atoms with van der Waals surface area (Å²) in [6.07, 6.45) is 0.697. The molecule has 0 N–H and O–H groups in total. The fourth-order valence-corrected chi connectivity index (χ4v) is 2.66. The van der Waals surface area contributed by atoms with Crippen LogP contribution in [-0.2, 0) is 15.5 Å². The Morgan fingerprint density at radius 1 is 1.40 bits per heavy atom. The van der Waals surface area contributed by atoms with Crippen LogP contribution in [0.1, 0.15) is 18.1 Å². The maximum atomic E-state index is 11.2. The number of hydrogen-bond donors (Lipinski definition) is 0. The average molecular weight is 249 g/mol. The molecular formula is C10H13ClO3S. The Labute approximate surface area is 94.4 Å². The number of hydrogen-bond acceptors (Lipinski definition) is 3. The first-order chi connectivity index (χ1) is 6.90. The molecule has 15 heavy (non-hydrogen) atoms. The predicted molar refractivity (Wildman–Crippen MR) is 60.1 cm³/mol. The van der Waals surface area contributed by atoms with E-state index in [0.717, 1.165) is 5.56 Å².